The molecule has 0 aromatic carbocycles. The van der Waals surface area contributed by atoms with Gasteiger partial charge >= 0.3 is 0 Å². The highest BCUT2D eigenvalue weighted by Crippen LogP contribution is 2.27. The van der Waals surface area contributed by atoms with Crippen molar-refractivity contribution in [2.75, 3.05) is 31.9 Å². The summed E-state index contributed by atoms with van der Waals surface area (Å²) < 4.78 is 0. The van der Waals surface area contributed by atoms with Gasteiger partial charge in [0, 0.05) is 44.0 Å². The molecule has 1 aromatic heterocycles. The second-order valence-corrected chi connectivity index (χ2v) is 4.30. The van der Waals surface area contributed by atoms with Crippen molar-refractivity contribution in [2.45, 2.75) is 12.5 Å². The fourth-order valence-corrected chi connectivity index (χ4v) is 2.34. The van der Waals surface area contributed by atoms with E-state index in [0.29, 0.717) is 11.9 Å². The van der Waals surface area contributed by atoms with E-state index in [1.807, 2.05) is 12.1 Å². The number of hydrogen-bond acceptors (Lipinski definition) is 4. The van der Waals surface area contributed by atoms with Crippen molar-refractivity contribution < 1.29 is 0 Å². The van der Waals surface area contributed by atoms with Crippen LogP contribution in [-0.4, -0.2) is 36.1 Å². The third-order valence-corrected chi connectivity index (χ3v) is 3.21. The number of nitrogens with two attached hydrogens (primary N) is 1. The minimum atomic E-state index is 0. The molecule has 4 nitrogen and oxygen atoms in total. The van der Waals surface area contributed by atoms with E-state index in [9.17, 15) is 0 Å². The lowest BCUT2D eigenvalue weighted by molar-refractivity contribution is 0.175. The molecule has 2 rings (SSSR count). The van der Waals surface area contributed by atoms with E-state index in [-0.39, 0.29) is 24.8 Å². The Balaban J connectivity index is 0.00000162. The fourth-order valence-electron chi connectivity index (χ4n) is 2.34. The predicted octanol–water partition coefficient (Wildman–Crippen LogP) is 2.03. The first-order valence-corrected chi connectivity index (χ1v) is 6.09. The average Bonchev–Trinajstić information content (AvgIpc) is 2.38. The van der Waals surface area contributed by atoms with E-state index in [2.05, 4.69) is 27.8 Å². The van der Waals surface area contributed by atoms with Crippen LogP contribution in [0.15, 0.2) is 31.0 Å². The van der Waals surface area contributed by atoms with E-state index in [1.54, 1.807) is 6.20 Å². The summed E-state index contributed by atoms with van der Waals surface area (Å²) in [5.74, 6) is 0.637. The van der Waals surface area contributed by atoms with Crippen LogP contribution in [0.1, 0.15) is 18.0 Å². The number of pyridine rings is 1. The lowest BCUT2D eigenvalue weighted by Crippen LogP contribution is -2.45. The van der Waals surface area contributed by atoms with E-state index >= 15 is 0 Å². The van der Waals surface area contributed by atoms with Gasteiger partial charge in [0.05, 0.1) is 0 Å². The molecule has 1 fully saturated rings. The second kappa shape index (κ2) is 9.15. The molecule has 2 heterocycles. The largest absolute Gasteiger partial charge is 0.383 e. The number of nitrogens with one attached hydrogen (secondary N) is 1. The van der Waals surface area contributed by atoms with Crippen molar-refractivity contribution in [3.63, 3.8) is 0 Å². The van der Waals surface area contributed by atoms with E-state index in [4.69, 9.17) is 5.73 Å². The van der Waals surface area contributed by atoms with Crippen molar-refractivity contribution >= 4 is 30.6 Å². The van der Waals surface area contributed by atoms with Crippen LogP contribution < -0.4 is 11.1 Å². The molecule has 0 saturated carbocycles. The van der Waals surface area contributed by atoms with Crippen molar-refractivity contribution in [2.24, 2.45) is 0 Å². The molecule has 6 heteroatoms. The lowest BCUT2D eigenvalue weighted by Gasteiger charge is -2.35. The monoisotopic (exact) mass is 304 g/mol. The topological polar surface area (TPSA) is 54.2 Å². The lowest BCUT2D eigenvalue weighted by atomic mass is 10.0. The van der Waals surface area contributed by atoms with Gasteiger partial charge in [0.2, 0.25) is 0 Å². The van der Waals surface area contributed by atoms with Crippen molar-refractivity contribution in [1.29, 1.82) is 0 Å². The summed E-state index contributed by atoms with van der Waals surface area (Å²) in [6, 6.07) is 4.32. The van der Waals surface area contributed by atoms with Gasteiger partial charge in [-0.05, 0) is 12.5 Å². The van der Waals surface area contributed by atoms with Gasteiger partial charge in [-0.2, -0.15) is 0 Å². The van der Waals surface area contributed by atoms with Gasteiger partial charge in [0.25, 0.3) is 0 Å². The van der Waals surface area contributed by atoms with Crippen LogP contribution in [0.5, 0.6) is 0 Å². The number of rotatable bonds is 4. The first kappa shape index (κ1) is 18.2. The van der Waals surface area contributed by atoms with E-state index in [1.165, 1.54) is 0 Å². The van der Waals surface area contributed by atoms with Crippen LogP contribution in [-0.2, 0) is 0 Å². The van der Waals surface area contributed by atoms with Gasteiger partial charge < -0.3 is 11.1 Å². The molecule has 1 saturated heterocycles. The van der Waals surface area contributed by atoms with Gasteiger partial charge in [-0.25, -0.2) is 4.98 Å². The summed E-state index contributed by atoms with van der Waals surface area (Å²) in [5, 5.41) is 3.36. The van der Waals surface area contributed by atoms with Gasteiger partial charge in [-0.15, -0.1) is 31.4 Å². The zero-order chi connectivity index (χ0) is 12.1. The summed E-state index contributed by atoms with van der Waals surface area (Å²) >= 11 is 0. The molecule has 0 aliphatic carbocycles. The van der Waals surface area contributed by atoms with Crippen LogP contribution in [0.2, 0.25) is 0 Å². The van der Waals surface area contributed by atoms with Crippen LogP contribution in [0, 0.1) is 0 Å². The molecule has 19 heavy (non-hydrogen) atoms. The Morgan fingerprint density at radius 1 is 1.42 bits per heavy atom. The zero-order valence-corrected chi connectivity index (χ0v) is 12.6. The summed E-state index contributed by atoms with van der Waals surface area (Å²) in [6.45, 7) is 8.01. The third-order valence-electron chi connectivity index (χ3n) is 3.21. The maximum Gasteiger partial charge on any atom is 0.128 e. The smallest absolute Gasteiger partial charge is 0.128 e. The van der Waals surface area contributed by atoms with Gasteiger partial charge in [0.15, 0.2) is 0 Å². The molecule has 1 aliphatic rings. The summed E-state index contributed by atoms with van der Waals surface area (Å²) in [6.07, 6.45) is 4.61. The molecule has 1 aromatic rings. The maximum absolute atomic E-state index is 5.97. The normalized spacial score (nSPS) is 16.8. The van der Waals surface area contributed by atoms with Crippen molar-refractivity contribution in [3.8, 4) is 0 Å². The highest BCUT2D eigenvalue weighted by molar-refractivity contribution is 5.85. The molecule has 1 aliphatic heterocycles. The molecule has 1 atom stereocenters. The number of nitrogen functional groups attached to an aromatic ring is 1. The molecular weight excluding hydrogens is 283 g/mol. The minimum absolute atomic E-state index is 0. The van der Waals surface area contributed by atoms with E-state index < -0.39 is 0 Å². The molecule has 3 N–H and O–H groups in total. The third kappa shape index (κ3) is 4.66. The molecule has 0 bridgehead atoms. The SMILES string of the molecule is C=CC[C@H](c1cccnc1N)N1CCNCC1.Cl.Cl. The summed E-state index contributed by atoms with van der Waals surface area (Å²) in [7, 11) is 0. The Labute approximate surface area is 127 Å². The fraction of sp³-hybridized carbons (Fsp3) is 0.462. The first-order valence-electron chi connectivity index (χ1n) is 6.09. The Kier molecular flexibility index (Phi) is 8.76. The number of hydrogen-bond donors (Lipinski definition) is 2. The predicted molar refractivity (Wildman–Crippen MR) is 85.1 cm³/mol. The standard InChI is InChI=1S/C13H20N4.2ClH/c1-2-4-12(17-9-7-15-8-10-17)11-5-3-6-16-13(11)14;;/h2-3,5-6,12,15H,1,4,7-10H2,(H2,14,16);2*1H/t12-;;/m1../s1. The van der Waals surface area contributed by atoms with Gasteiger partial charge in [-0.1, -0.05) is 12.1 Å². The Bertz CT molecular complexity index is 381. The minimum Gasteiger partial charge on any atom is -0.383 e. The highest BCUT2D eigenvalue weighted by atomic mass is 35.5. The van der Waals surface area contributed by atoms with Crippen LogP contribution >= 0.6 is 24.8 Å². The Morgan fingerprint density at radius 2 is 2.11 bits per heavy atom. The zero-order valence-electron chi connectivity index (χ0n) is 10.9. The number of aromatic nitrogens is 1. The molecule has 0 unspecified atom stereocenters. The highest BCUT2D eigenvalue weighted by Gasteiger charge is 2.22. The number of halogens is 2. The van der Waals surface area contributed by atoms with Crippen molar-refractivity contribution in [1.82, 2.24) is 15.2 Å². The number of nitrogens with zero attached hydrogens (tertiary/aromatic N) is 2. The molecule has 0 spiro atoms. The molecule has 108 valence electrons. The number of piperazine rings is 1. The average molecular weight is 305 g/mol. The first-order chi connectivity index (χ1) is 8.33. The summed E-state index contributed by atoms with van der Waals surface area (Å²) in [5.41, 5.74) is 7.09. The number of anilines is 1. The second-order valence-electron chi connectivity index (χ2n) is 4.30. The Hall–Kier alpha value is -0.810. The summed E-state index contributed by atoms with van der Waals surface area (Å²) in [4.78, 5) is 6.63. The Morgan fingerprint density at radius 3 is 2.68 bits per heavy atom. The molecule has 0 amide bonds. The van der Waals surface area contributed by atoms with Crippen LogP contribution in [0.25, 0.3) is 0 Å². The van der Waals surface area contributed by atoms with Gasteiger partial charge in [-0.3, -0.25) is 4.90 Å². The van der Waals surface area contributed by atoms with E-state index in [0.717, 1.165) is 38.2 Å². The van der Waals surface area contributed by atoms with Crippen molar-refractivity contribution in [3.05, 3.63) is 36.5 Å². The maximum atomic E-state index is 5.97. The van der Waals surface area contributed by atoms with Gasteiger partial charge in [0.1, 0.15) is 5.82 Å². The van der Waals surface area contributed by atoms with Crippen LogP contribution in [0.3, 0.4) is 0 Å². The quantitative estimate of drug-likeness (QED) is 0.836. The molecule has 0 radical (unpaired) electrons. The molecular formula is C13H22Cl2N4. The van der Waals surface area contributed by atoms with Crippen LogP contribution in [0.4, 0.5) is 5.82 Å².